The summed E-state index contributed by atoms with van der Waals surface area (Å²) in [5.74, 6) is -0.386. The van der Waals surface area contributed by atoms with Gasteiger partial charge >= 0.3 is 0 Å². The second-order valence-corrected chi connectivity index (χ2v) is 9.59. The number of rotatable bonds is 3. The van der Waals surface area contributed by atoms with Crippen LogP contribution in [0.15, 0.2) is 87.4 Å². The number of aryl methyl sites for hydroxylation is 3. The summed E-state index contributed by atoms with van der Waals surface area (Å²) in [7, 11) is 0. The lowest BCUT2D eigenvalue weighted by atomic mass is 9.95. The van der Waals surface area contributed by atoms with Crippen LogP contribution < -0.4 is 10.9 Å². The van der Waals surface area contributed by atoms with E-state index in [1.807, 2.05) is 37.3 Å². The van der Waals surface area contributed by atoms with E-state index in [2.05, 4.69) is 60.5 Å². The number of fused-ring (bicyclic) bond motifs is 2. The highest BCUT2D eigenvalue weighted by Crippen LogP contribution is 2.45. The van der Waals surface area contributed by atoms with Gasteiger partial charge in [0.05, 0.1) is 6.04 Å². The maximum absolute atomic E-state index is 13.4. The number of H-pyrrole nitrogens is 1. The molecule has 0 aliphatic carbocycles. The Labute approximate surface area is 197 Å². The smallest absolute Gasteiger partial charge is 0.261 e. The highest BCUT2D eigenvalue weighted by atomic mass is 32.2. The van der Waals surface area contributed by atoms with Crippen molar-refractivity contribution in [3.8, 4) is 11.1 Å². The van der Waals surface area contributed by atoms with Crippen molar-refractivity contribution in [2.45, 2.75) is 36.6 Å². The van der Waals surface area contributed by atoms with E-state index in [1.54, 1.807) is 17.8 Å². The summed E-state index contributed by atoms with van der Waals surface area (Å²) >= 11 is 1.72. The summed E-state index contributed by atoms with van der Waals surface area (Å²) in [5, 5.41) is 3.15. The van der Waals surface area contributed by atoms with Crippen LogP contribution in [0, 0.1) is 20.8 Å². The third-order valence-corrected chi connectivity index (χ3v) is 7.17. The molecule has 2 heterocycles. The molecule has 164 valence electrons. The third kappa shape index (κ3) is 4.00. The second kappa shape index (κ2) is 8.41. The molecular formula is C28H24N2O2S. The SMILES string of the molecule is Cc1ccc2c(c1)Sc1cc(C)ccc1C2NC(=O)c1cc(-c2ccccc2)c(C)[nH]c1=O. The number of carbonyl (C=O) groups excluding carboxylic acids is 1. The summed E-state index contributed by atoms with van der Waals surface area (Å²) in [6.07, 6.45) is 0. The Hall–Kier alpha value is -3.57. The molecule has 0 bridgehead atoms. The molecule has 0 radical (unpaired) electrons. The summed E-state index contributed by atoms with van der Waals surface area (Å²) in [6.45, 7) is 5.98. The number of aromatic amines is 1. The van der Waals surface area contributed by atoms with E-state index in [9.17, 15) is 9.59 Å². The Kier molecular flexibility index (Phi) is 5.43. The molecule has 0 atom stereocenters. The maximum atomic E-state index is 13.4. The normalized spacial score (nSPS) is 12.7. The van der Waals surface area contributed by atoms with Gasteiger partial charge in [0, 0.05) is 21.0 Å². The predicted octanol–water partition coefficient (Wildman–Crippen LogP) is 5.95. The van der Waals surface area contributed by atoms with E-state index in [1.165, 1.54) is 11.1 Å². The van der Waals surface area contributed by atoms with Crippen LogP contribution in [0.3, 0.4) is 0 Å². The summed E-state index contributed by atoms with van der Waals surface area (Å²) in [6, 6.07) is 23.7. The van der Waals surface area contributed by atoms with E-state index in [0.717, 1.165) is 37.7 Å². The first kappa shape index (κ1) is 21.3. The van der Waals surface area contributed by atoms with Gasteiger partial charge in [-0.3, -0.25) is 9.59 Å². The van der Waals surface area contributed by atoms with Gasteiger partial charge in [0.15, 0.2) is 0 Å². The molecule has 0 saturated carbocycles. The first-order valence-corrected chi connectivity index (χ1v) is 11.7. The van der Waals surface area contributed by atoms with Crippen molar-refractivity contribution >= 4 is 17.7 Å². The van der Waals surface area contributed by atoms with Crippen LogP contribution in [-0.4, -0.2) is 10.9 Å². The van der Waals surface area contributed by atoms with Crippen LogP contribution in [-0.2, 0) is 0 Å². The van der Waals surface area contributed by atoms with Gasteiger partial charge in [0.1, 0.15) is 5.56 Å². The molecule has 2 N–H and O–H groups in total. The van der Waals surface area contributed by atoms with Crippen molar-refractivity contribution in [2.75, 3.05) is 0 Å². The lowest BCUT2D eigenvalue weighted by molar-refractivity contribution is 0.0940. The molecule has 1 aromatic heterocycles. The van der Waals surface area contributed by atoms with Crippen LogP contribution >= 0.6 is 11.8 Å². The average molecular weight is 453 g/mol. The lowest BCUT2D eigenvalue weighted by Gasteiger charge is -2.29. The largest absolute Gasteiger partial charge is 0.341 e. The highest BCUT2D eigenvalue weighted by molar-refractivity contribution is 7.99. The van der Waals surface area contributed by atoms with Crippen molar-refractivity contribution in [3.05, 3.63) is 117 Å². The molecule has 3 aromatic carbocycles. The molecule has 5 rings (SSSR count). The number of benzene rings is 3. The van der Waals surface area contributed by atoms with E-state index < -0.39 is 0 Å². The fourth-order valence-corrected chi connectivity index (χ4v) is 5.63. The molecule has 5 heteroatoms. The van der Waals surface area contributed by atoms with Gasteiger partial charge in [-0.1, -0.05) is 66.4 Å². The quantitative estimate of drug-likeness (QED) is 0.404. The molecule has 0 spiro atoms. The first-order chi connectivity index (χ1) is 15.9. The van der Waals surface area contributed by atoms with Gasteiger partial charge < -0.3 is 10.3 Å². The van der Waals surface area contributed by atoms with Crippen LogP contribution in [0.4, 0.5) is 0 Å². The molecule has 0 unspecified atom stereocenters. The average Bonchev–Trinajstić information content (AvgIpc) is 2.79. The van der Waals surface area contributed by atoms with Crippen LogP contribution in [0.2, 0.25) is 0 Å². The summed E-state index contributed by atoms with van der Waals surface area (Å²) < 4.78 is 0. The van der Waals surface area contributed by atoms with Crippen molar-refractivity contribution in [2.24, 2.45) is 0 Å². The minimum Gasteiger partial charge on any atom is -0.341 e. The Morgan fingerprint density at radius 2 is 1.45 bits per heavy atom. The molecule has 1 aliphatic rings. The fraction of sp³-hybridized carbons (Fsp3) is 0.143. The number of nitrogens with one attached hydrogen (secondary N) is 2. The van der Waals surface area contributed by atoms with Gasteiger partial charge in [-0.25, -0.2) is 0 Å². The standard InChI is InChI=1S/C28H24N2O2S/c1-16-9-11-20-24(13-16)33-25-14-17(2)10-12-21(25)26(20)30-28(32)23-15-22(18(3)29-27(23)31)19-7-5-4-6-8-19/h4-15,26H,1-3H3,(H,29,31)(H,30,32). The molecule has 4 aromatic rings. The minimum absolute atomic E-state index is 0.111. The van der Waals surface area contributed by atoms with Crippen molar-refractivity contribution in [1.82, 2.24) is 10.3 Å². The third-order valence-electron chi connectivity index (χ3n) is 6.02. The Morgan fingerprint density at radius 3 is 2.06 bits per heavy atom. The molecule has 0 fully saturated rings. The zero-order valence-corrected chi connectivity index (χ0v) is 19.5. The van der Waals surface area contributed by atoms with Gasteiger partial charge in [-0.2, -0.15) is 0 Å². The number of hydrogen-bond acceptors (Lipinski definition) is 3. The number of amides is 1. The van der Waals surface area contributed by atoms with E-state index >= 15 is 0 Å². The molecule has 1 aliphatic heterocycles. The number of carbonyl (C=O) groups is 1. The van der Waals surface area contributed by atoms with Gasteiger partial charge in [0.25, 0.3) is 11.5 Å². The van der Waals surface area contributed by atoms with Crippen LogP contribution in [0.1, 0.15) is 44.3 Å². The second-order valence-electron chi connectivity index (χ2n) is 8.51. The van der Waals surface area contributed by atoms with Gasteiger partial charge in [-0.15, -0.1) is 0 Å². The van der Waals surface area contributed by atoms with Crippen LogP contribution in [0.25, 0.3) is 11.1 Å². The summed E-state index contributed by atoms with van der Waals surface area (Å²) in [4.78, 5) is 31.3. The van der Waals surface area contributed by atoms with Gasteiger partial charge in [-0.05, 0) is 66.8 Å². The van der Waals surface area contributed by atoms with Crippen molar-refractivity contribution < 1.29 is 4.79 Å². The van der Waals surface area contributed by atoms with E-state index in [4.69, 9.17) is 0 Å². The fourth-order valence-electron chi connectivity index (χ4n) is 4.30. The summed E-state index contributed by atoms with van der Waals surface area (Å²) in [5.41, 5.74) is 6.68. The zero-order valence-electron chi connectivity index (χ0n) is 18.7. The Bertz CT molecular complexity index is 1390. The number of hydrogen-bond donors (Lipinski definition) is 2. The lowest BCUT2D eigenvalue weighted by Crippen LogP contribution is -2.34. The van der Waals surface area contributed by atoms with E-state index in [-0.39, 0.29) is 23.1 Å². The predicted molar refractivity (Wildman–Crippen MR) is 133 cm³/mol. The van der Waals surface area contributed by atoms with Crippen molar-refractivity contribution in [1.29, 1.82) is 0 Å². The van der Waals surface area contributed by atoms with E-state index in [0.29, 0.717) is 0 Å². The highest BCUT2D eigenvalue weighted by Gasteiger charge is 2.29. The molecule has 1 amide bonds. The van der Waals surface area contributed by atoms with Crippen LogP contribution in [0.5, 0.6) is 0 Å². The molecule has 4 nitrogen and oxygen atoms in total. The van der Waals surface area contributed by atoms with Crippen molar-refractivity contribution in [3.63, 3.8) is 0 Å². The number of pyridine rings is 1. The zero-order chi connectivity index (χ0) is 23.1. The van der Waals surface area contributed by atoms with Gasteiger partial charge in [0.2, 0.25) is 0 Å². The minimum atomic E-state index is -0.386. The first-order valence-electron chi connectivity index (χ1n) is 10.9. The maximum Gasteiger partial charge on any atom is 0.261 e. The molecule has 33 heavy (non-hydrogen) atoms. The molecular weight excluding hydrogens is 428 g/mol. The number of aromatic nitrogens is 1. The Morgan fingerprint density at radius 1 is 0.848 bits per heavy atom. The Balaban J connectivity index is 1.57. The topological polar surface area (TPSA) is 62.0 Å². The molecule has 0 saturated heterocycles. The monoisotopic (exact) mass is 452 g/mol.